The fraction of sp³-hybridized carbons (Fsp3) is 0.440. The zero-order valence-electron chi connectivity index (χ0n) is 20.8. The number of aromatic nitrogens is 3. The molecule has 0 saturated carbocycles. The largest absolute Gasteiger partial charge is 0.481 e. The van der Waals surface area contributed by atoms with E-state index in [0.717, 1.165) is 53.5 Å². The fourth-order valence-corrected chi connectivity index (χ4v) is 5.91. The first-order valence-electron chi connectivity index (χ1n) is 11.9. The van der Waals surface area contributed by atoms with E-state index in [2.05, 4.69) is 52.2 Å². The number of nitrogens with one attached hydrogen (secondary N) is 1. The van der Waals surface area contributed by atoms with Crippen molar-refractivity contribution in [1.82, 2.24) is 15.0 Å². The van der Waals surface area contributed by atoms with Crippen molar-refractivity contribution in [3.63, 3.8) is 0 Å². The number of carbonyl (C=O) groups excluding carboxylic acids is 1. The predicted octanol–water partition coefficient (Wildman–Crippen LogP) is 4.11. The van der Waals surface area contributed by atoms with Gasteiger partial charge in [-0.2, -0.15) is 0 Å². The Hall–Kier alpha value is -3.44. The molecule has 0 bridgehead atoms. The minimum absolute atomic E-state index is 0.111. The Bertz CT molecular complexity index is 1250. The fourth-order valence-electron chi connectivity index (χ4n) is 4.66. The molecule has 1 saturated heterocycles. The van der Waals surface area contributed by atoms with E-state index in [1.807, 2.05) is 0 Å². The third-order valence-electron chi connectivity index (χ3n) is 6.70. The second-order valence-corrected chi connectivity index (χ2v) is 9.50. The van der Waals surface area contributed by atoms with Crippen LogP contribution in [0.25, 0.3) is 11.3 Å². The van der Waals surface area contributed by atoms with Crippen LogP contribution in [0.15, 0.2) is 24.5 Å². The van der Waals surface area contributed by atoms with E-state index in [9.17, 15) is 4.79 Å². The van der Waals surface area contributed by atoms with E-state index >= 15 is 0 Å². The van der Waals surface area contributed by atoms with Gasteiger partial charge in [-0.25, -0.2) is 15.0 Å². The van der Waals surface area contributed by atoms with E-state index in [0.29, 0.717) is 18.3 Å². The summed E-state index contributed by atoms with van der Waals surface area (Å²) in [4.78, 5) is 29.4. The lowest BCUT2D eigenvalue weighted by molar-refractivity contribution is 0.0582. The Kier molecular flexibility index (Phi) is 6.67. The maximum absolute atomic E-state index is 13.2. The van der Waals surface area contributed by atoms with Gasteiger partial charge in [0.2, 0.25) is 11.8 Å². The van der Waals surface area contributed by atoms with Gasteiger partial charge in [0, 0.05) is 30.4 Å². The molecule has 2 aliphatic rings. The number of fused-ring (bicyclic) bond motifs is 3. The molecule has 0 radical (unpaired) electrons. The molecule has 5 rings (SSSR count). The Morgan fingerprint density at radius 2 is 1.83 bits per heavy atom. The van der Waals surface area contributed by atoms with Gasteiger partial charge >= 0.3 is 0 Å². The summed E-state index contributed by atoms with van der Waals surface area (Å²) >= 11 is 1.42. The number of anilines is 2. The maximum atomic E-state index is 13.2. The monoisotopic (exact) mass is 511 g/mol. The molecule has 1 aromatic carbocycles. The number of benzene rings is 1. The van der Waals surface area contributed by atoms with Gasteiger partial charge in [-0.3, -0.25) is 10.1 Å². The maximum Gasteiger partial charge on any atom is 0.268 e. The molecule has 3 aromatic rings. The molecule has 1 fully saturated rings. The second kappa shape index (κ2) is 9.90. The minimum Gasteiger partial charge on any atom is -0.481 e. The molecular formula is C25H29N5O5S. The topological polar surface area (TPSA) is 108 Å². The van der Waals surface area contributed by atoms with Crippen molar-refractivity contribution in [3.8, 4) is 28.8 Å². The molecule has 11 heteroatoms. The molecule has 1 amide bonds. The summed E-state index contributed by atoms with van der Waals surface area (Å²) in [6, 6.07) is 6.24. The van der Waals surface area contributed by atoms with Crippen LogP contribution >= 0.6 is 11.3 Å². The Labute approximate surface area is 213 Å². The van der Waals surface area contributed by atoms with Crippen molar-refractivity contribution < 1.29 is 23.7 Å². The number of methoxy groups -OCH3 is 2. The number of morpholine rings is 1. The first-order valence-corrected chi connectivity index (χ1v) is 12.8. The van der Waals surface area contributed by atoms with E-state index in [4.69, 9.17) is 23.9 Å². The van der Waals surface area contributed by atoms with Crippen molar-refractivity contribution in [3.05, 3.63) is 35.0 Å². The van der Waals surface area contributed by atoms with Gasteiger partial charge in [-0.1, -0.05) is 25.2 Å². The minimum atomic E-state index is -0.530. The zero-order valence-corrected chi connectivity index (χ0v) is 21.6. The molecule has 0 unspecified atom stereocenters. The van der Waals surface area contributed by atoms with Crippen LogP contribution in [0, 0.1) is 0 Å². The van der Waals surface area contributed by atoms with Gasteiger partial charge in [0.1, 0.15) is 17.7 Å². The number of amides is 1. The van der Waals surface area contributed by atoms with E-state index in [1.54, 1.807) is 0 Å². The highest BCUT2D eigenvalue weighted by molar-refractivity contribution is 7.16. The molecule has 2 aliphatic heterocycles. The summed E-state index contributed by atoms with van der Waals surface area (Å²) in [7, 11) is 2.88. The van der Waals surface area contributed by atoms with Crippen LogP contribution in [0.2, 0.25) is 0 Å². The molecule has 2 aromatic heterocycles. The molecule has 190 valence electrons. The molecule has 4 heterocycles. The van der Waals surface area contributed by atoms with Crippen molar-refractivity contribution >= 4 is 28.1 Å². The predicted molar refractivity (Wildman–Crippen MR) is 137 cm³/mol. The average molecular weight is 512 g/mol. The van der Waals surface area contributed by atoms with Crippen molar-refractivity contribution in [1.29, 1.82) is 0 Å². The Morgan fingerprint density at radius 1 is 1.14 bits per heavy atom. The molecule has 10 nitrogen and oxygen atoms in total. The number of ether oxygens (including phenoxy) is 4. The van der Waals surface area contributed by atoms with E-state index in [1.165, 1.54) is 31.9 Å². The summed E-state index contributed by atoms with van der Waals surface area (Å²) in [6.07, 6.45) is 2.82. The highest BCUT2D eigenvalue weighted by Gasteiger charge is 2.42. The van der Waals surface area contributed by atoms with Gasteiger partial charge < -0.3 is 23.8 Å². The lowest BCUT2D eigenvalue weighted by Gasteiger charge is -2.37. The molecular weight excluding hydrogens is 482 g/mol. The number of thiazole rings is 1. The molecule has 36 heavy (non-hydrogen) atoms. The van der Waals surface area contributed by atoms with Crippen molar-refractivity contribution in [2.45, 2.75) is 32.3 Å². The summed E-state index contributed by atoms with van der Waals surface area (Å²) in [6.45, 7) is 7.35. The first kappa shape index (κ1) is 24.3. The van der Waals surface area contributed by atoms with Crippen molar-refractivity contribution in [2.24, 2.45) is 0 Å². The lowest BCUT2D eigenvalue weighted by atomic mass is 9.89. The number of carbonyl (C=O) groups is 1. The summed E-state index contributed by atoms with van der Waals surface area (Å²) in [5.74, 6) is 0.596. The normalized spacial score (nSPS) is 15.9. The number of nitrogens with zero attached hydrogens (tertiary/aromatic N) is 4. The molecule has 0 aliphatic carbocycles. The second-order valence-electron chi connectivity index (χ2n) is 8.50. The standard InChI is InChI=1S/C25H29N5O5S/c1-5-25(6-2)20-19(16-8-7-15(13-17(16)35-25)30-9-11-34-12-10-30)28-24(36-20)29-21(31)18-22(32-3)26-14-27-23(18)33-4/h7-8,13-14H,5-6,9-12H2,1-4H3,(H,28,29,31). The van der Waals surface area contributed by atoms with Crippen molar-refractivity contribution in [2.75, 3.05) is 50.7 Å². The third kappa shape index (κ3) is 4.11. The van der Waals surface area contributed by atoms with Gasteiger partial charge in [-0.15, -0.1) is 0 Å². The van der Waals surface area contributed by atoms with Crippen LogP contribution in [0.1, 0.15) is 41.9 Å². The van der Waals surface area contributed by atoms with Crippen LogP contribution in [-0.2, 0) is 10.3 Å². The highest BCUT2D eigenvalue weighted by Crippen LogP contribution is 2.52. The van der Waals surface area contributed by atoms with Crippen LogP contribution in [0.3, 0.4) is 0 Å². The lowest BCUT2D eigenvalue weighted by Crippen LogP contribution is -2.37. The Morgan fingerprint density at radius 3 is 2.47 bits per heavy atom. The average Bonchev–Trinajstić information content (AvgIpc) is 3.36. The molecule has 1 N–H and O–H groups in total. The van der Waals surface area contributed by atoms with Gasteiger partial charge in [0.25, 0.3) is 5.91 Å². The summed E-state index contributed by atoms with van der Waals surface area (Å²) in [5, 5.41) is 3.35. The molecule has 0 atom stereocenters. The van der Waals surface area contributed by atoms with Gasteiger partial charge in [0.05, 0.1) is 38.0 Å². The number of hydrogen-bond acceptors (Lipinski definition) is 10. The van der Waals surface area contributed by atoms with Crippen LogP contribution in [-0.4, -0.2) is 61.4 Å². The van der Waals surface area contributed by atoms with E-state index < -0.39 is 11.5 Å². The van der Waals surface area contributed by atoms with Crippen LogP contribution in [0.5, 0.6) is 17.5 Å². The van der Waals surface area contributed by atoms with Crippen LogP contribution < -0.4 is 24.4 Å². The highest BCUT2D eigenvalue weighted by atomic mass is 32.1. The number of hydrogen-bond donors (Lipinski definition) is 1. The van der Waals surface area contributed by atoms with E-state index in [-0.39, 0.29) is 17.3 Å². The SMILES string of the molecule is CCC1(CC)Oc2cc(N3CCOCC3)ccc2-c2nc(NC(=O)c3c(OC)ncnc3OC)sc21. The zero-order chi connectivity index (χ0) is 25.3. The number of rotatable bonds is 7. The summed E-state index contributed by atoms with van der Waals surface area (Å²) < 4.78 is 22.7. The van der Waals surface area contributed by atoms with Crippen LogP contribution in [0.4, 0.5) is 10.8 Å². The van der Waals surface area contributed by atoms with Gasteiger partial charge in [-0.05, 0) is 25.0 Å². The molecule has 0 spiro atoms. The van der Waals surface area contributed by atoms with Gasteiger partial charge in [0.15, 0.2) is 10.7 Å². The third-order valence-corrected chi connectivity index (χ3v) is 7.85. The Balaban J connectivity index is 1.52. The smallest absolute Gasteiger partial charge is 0.268 e. The quantitative estimate of drug-likeness (QED) is 0.501. The first-order chi connectivity index (χ1) is 17.5. The summed E-state index contributed by atoms with van der Waals surface area (Å²) in [5.41, 5.74) is 2.43.